The van der Waals surface area contributed by atoms with E-state index >= 15 is 0 Å². The van der Waals surface area contributed by atoms with Crippen molar-refractivity contribution in [3.63, 3.8) is 0 Å². The van der Waals surface area contributed by atoms with Gasteiger partial charge in [-0.25, -0.2) is 4.79 Å². The molecular weight excluding hydrogens is 424 g/mol. The van der Waals surface area contributed by atoms with E-state index in [2.05, 4.69) is 26.0 Å². The molecule has 6 nitrogen and oxygen atoms in total. The van der Waals surface area contributed by atoms with Gasteiger partial charge < -0.3 is 14.8 Å². The maximum absolute atomic E-state index is 12.4. The molecule has 0 aliphatic carbocycles. The Labute approximate surface area is 171 Å². The van der Waals surface area contributed by atoms with Crippen molar-refractivity contribution in [2.24, 2.45) is 0 Å². The van der Waals surface area contributed by atoms with Crippen LogP contribution in [0.1, 0.15) is 29.8 Å². The summed E-state index contributed by atoms with van der Waals surface area (Å²) < 4.78 is 11.0. The van der Waals surface area contributed by atoms with Gasteiger partial charge in [0.2, 0.25) is 0 Å². The summed E-state index contributed by atoms with van der Waals surface area (Å²) in [6.45, 7) is 3.85. The molecular formula is C21H19BrN2O4. The first-order valence-electron chi connectivity index (χ1n) is 8.41. The van der Waals surface area contributed by atoms with Crippen LogP contribution in [0.3, 0.4) is 0 Å². The van der Waals surface area contributed by atoms with Crippen molar-refractivity contribution in [3.8, 4) is 11.8 Å². The fraction of sp³-hybridized carbons (Fsp3) is 0.190. The number of anilines is 1. The quantitative estimate of drug-likeness (QED) is 0.402. The molecule has 0 saturated heterocycles. The molecule has 7 heteroatoms. The summed E-state index contributed by atoms with van der Waals surface area (Å²) in [6.07, 6.45) is 1.52. The van der Waals surface area contributed by atoms with Gasteiger partial charge in [0.15, 0.2) is 0 Å². The number of halogens is 1. The van der Waals surface area contributed by atoms with E-state index in [0.29, 0.717) is 22.6 Å². The van der Waals surface area contributed by atoms with Gasteiger partial charge in [-0.15, -0.1) is 0 Å². The summed E-state index contributed by atoms with van der Waals surface area (Å²) in [5.41, 5.74) is 1.45. The van der Waals surface area contributed by atoms with Crippen LogP contribution in [-0.2, 0) is 9.53 Å². The predicted octanol–water partition coefficient (Wildman–Crippen LogP) is 4.57. The maximum Gasteiger partial charge on any atom is 0.337 e. The van der Waals surface area contributed by atoms with Crippen LogP contribution >= 0.6 is 15.9 Å². The normalized spacial score (nSPS) is 10.9. The minimum absolute atomic E-state index is 0.0312. The van der Waals surface area contributed by atoms with E-state index in [0.717, 1.165) is 4.47 Å². The second kappa shape index (κ2) is 9.72. The van der Waals surface area contributed by atoms with Gasteiger partial charge in [0.1, 0.15) is 17.4 Å². The van der Waals surface area contributed by atoms with Gasteiger partial charge in [0.25, 0.3) is 5.91 Å². The van der Waals surface area contributed by atoms with Crippen molar-refractivity contribution in [3.05, 3.63) is 63.6 Å². The first kappa shape index (κ1) is 21.2. The van der Waals surface area contributed by atoms with Crippen LogP contribution in [-0.4, -0.2) is 25.1 Å². The SMILES string of the molecule is COC(=O)c1ccc(NC(=O)/C(C#N)=C/c2ccc(OC(C)C)c(Br)c2)cc1. The standard InChI is InChI=1S/C21H19BrN2O4/c1-13(2)28-19-9-4-14(11-18(19)22)10-16(12-23)20(25)24-17-7-5-15(6-8-17)21(26)27-3/h4-11,13H,1-3H3,(H,24,25)/b16-10+. The molecule has 0 spiro atoms. The van der Waals surface area contributed by atoms with Gasteiger partial charge in [0, 0.05) is 5.69 Å². The lowest BCUT2D eigenvalue weighted by molar-refractivity contribution is -0.112. The molecule has 1 amide bonds. The summed E-state index contributed by atoms with van der Waals surface area (Å²) in [6, 6.07) is 13.4. The Morgan fingerprint density at radius 3 is 2.39 bits per heavy atom. The Morgan fingerprint density at radius 2 is 1.86 bits per heavy atom. The van der Waals surface area contributed by atoms with Crippen molar-refractivity contribution in [1.29, 1.82) is 5.26 Å². The Bertz CT molecular complexity index is 944. The first-order valence-corrected chi connectivity index (χ1v) is 9.21. The molecule has 0 radical (unpaired) electrons. The van der Waals surface area contributed by atoms with E-state index < -0.39 is 11.9 Å². The van der Waals surface area contributed by atoms with Crippen LogP contribution in [0.25, 0.3) is 6.08 Å². The minimum Gasteiger partial charge on any atom is -0.490 e. The van der Waals surface area contributed by atoms with Crippen LogP contribution in [0.4, 0.5) is 5.69 Å². The zero-order chi connectivity index (χ0) is 20.7. The summed E-state index contributed by atoms with van der Waals surface area (Å²) in [7, 11) is 1.29. The molecule has 144 valence electrons. The van der Waals surface area contributed by atoms with Crippen molar-refractivity contribution in [2.75, 3.05) is 12.4 Å². The number of esters is 1. The minimum atomic E-state index is -0.549. The number of ether oxygens (including phenoxy) is 2. The summed E-state index contributed by atoms with van der Waals surface area (Å²) >= 11 is 3.43. The molecule has 2 aromatic carbocycles. The molecule has 1 N–H and O–H groups in total. The molecule has 0 atom stereocenters. The number of benzene rings is 2. The third-order valence-corrected chi connectivity index (χ3v) is 4.18. The molecule has 0 aliphatic heterocycles. The van der Waals surface area contributed by atoms with Crippen LogP contribution in [0.2, 0.25) is 0 Å². The van der Waals surface area contributed by atoms with Gasteiger partial charge in [-0.1, -0.05) is 6.07 Å². The average molecular weight is 443 g/mol. The molecule has 0 heterocycles. The summed E-state index contributed by atoms with van der Waals surface area (Å²) in [4.78, 5) is 23.8. The second-order valence-corrected chi connectivity index (χ2v) is 6.90. The molecule has 0 aromatic heterocycles. The molecule has 0 unspecified atom stereocenters. The van der Waals surface area contributed by atoms with E-state index in [-0.39, 0.29) is 11.7 Å². The molecule has 2 aromatic rings. The Kier molecular flexibility index (Phi) is 7.36. The number of hydrogen-bond acceptors (Lipinski definition) is 5. The molecule has 0 bridgehead atoms. The van der Waals surface area contributed by atoms with E-state index in [1.165, 1.54) is 25.3 Å². The largest absolute Gasteiger partial charge is 0.490 e. The molecule has 0 fully saturated rings. The lowest BCUT2D eigenvalue weighted by Crippen LogP contribution is -2.13. The van der Waals surface area contributed by atoms with Gasteiger partial charge in [-0.3, -0.25) is 4.79 Å². The highest BCUT2D eigenvalue weighted by molar-refractivity contribution is 9.10. The van der Waals surface area contributed by atoms with Crippen molar-refractivity contribution >= 4 is 39.6 Å². The topological polar surface area (TPSA) is 88.4 Å². The van der Waals surface area contributed by atoms with E-state index in [1.54, 1.807) is 30.3 Å². The Balaban J connectivity index is 2.16. The average Bonchev–Trinajstić information content (AvgIpc) is 2.67. The number of nitrogens with zero attached hydrogens (tertiary/aromatic N) is 1. The molecule has 0 aliphatic rings. The molecule has 2 rings (SSSR count). The summed E-state index contributed by atoms with van der Waals surface area (Å²) in [5.74, 6) is -0.335. The van der Waals surface area contributed by atoms with Crippen LogP contribution < -0.4 is 10.1 Å². The van der Waals surface area contributed by atoms with E-state index in [1.807, 2.05) is 19.9 Å². The van der Waals surface area contributed by atoms with Gasteiger partial charge in [0.05, 0.1) is 23.2 Å². The number of carbonyl (C=O) groups excluding carboxylic acids is 2. The van der Waals surface area contributed by atoms with E-state index in [4.69, 9.17) is 4.74 Å². The number of rotatable bonds is 6. The highest BCUT2D eigenvalue weighted by Gasteiger charge is 2.12. The Morgan fingerprint density at radius 1 is 1.18 bits per heavy atom. The number of methoxy groups -OCH3 is 1. The number of nitriles is 1. The number of carbonyl (C=O) groups is 2. The fourth-order valence-corrected chi connectivity index (χ4v) is 2.77. The maximum atomic E-state index is 12.4. The van der Waals surface area contributed by atoms with E-state index in [9.17, 15) is 14.9 Å². The number of hydrogen-bond donors (Lipinski definition) is 1. The smallest absolute Gasteiger partial charge is 0.337 e. The highest BCUT2D eigenvalue weighted by atomic mass is 79.9. The number of amides is 1. The zero-order valence-electron chi connectivity index (χ0n) is 15.7. The van der Waals surface area contributed by atoms with Crippen molar-refractivity contribution in [2.45, 2.75) is 20.0 Å². The van der Waals surface area contributed by atoms with Gasteiger partial charge >= 0.3 is 5.97 Å². The van der Waals surface area contributed by atoms with Crippen LogP contribution in [0.15, 0.2) is 52.5 Å². The second-order valence-electron chi connectivity index (χ2n) is 6.05. The summed E-state index contributed by atoms with van der Waals surface area (Å²) in [5, 5.41) is 12.0. The Hall–Kier alpha value is -3.11. The van der Waals surface area contributed by atoms with Gasteiger partial charge in [-0.2, -0.15) is 5.26 Å². The third kappa shape index (κ3) is 5.69. The monoisotopic (exact) mass is 442 g/mol. The third-order valence-electron chi connectivity index (χ3n) is 3.56. The predicted molar refractivity (Wildman–Crippen MR) is 110 cm³/mol. The van der Waals surface area contributed by atoms with Crippen LogP contribution in [0.5, 0.6) is 5.75 Å². The molecule has 28 heavy (non-hydrogen) atoms. The lowest BCUT2D eigenvalue weighted by Gasteiger charge is -2.11. The highest BCUT2D eigenvalue weighted by Crippen LogP contribution is 2.28. The zero-order valence-corrected chi connectivity index (χ0v) is 17.2. The van der Waals surface area contributed by atoms with Crippen molar-refractivity contribution < 1.29 is 19.1 Å². The van der Waals surface area contributed by atoms with Gasteiger partial charge in [-0.05, 0) is 77.8 Å². The fourth-order valence-electron chi connectivity index (χ4n) is 2.28. The first-order chi connectivity index (χ1) is 13.3. The van der Waals surface area contributed by atoms with Crippen LogP contribution in [0, 0.1) is 11.3 Å². The van der Waals surface area contributed by atoms with Crippen molar-refractivity contribution in [1.82, 2.24) is 0 Å². The lowest BCUT2D eigenvalue weighted by atomic mass is 10.1. The number of nitrogens with one attached hydrogen (secondary N) is 1. The molecule has 0 saturated carbocycles.